The summed E-state index contributed by atoms with van der Waals surface area (Å²) in [4.78, 5) is 0. The highest BCUT2D eigenvalue weighted by atomic mass is 16.3. The van der Waals surface area contributed by atoms with Gasteiger partial charge in [0.25, 0.3) is 0 Å². The Bertz CT molecular complexity index is 398. The predicted molar refractivity (Wildman–Crippen MR) is 52.3 cm³/mol. The average molecular weight is 192 g/mol. The van der Waals surface area contributed by atoms with Crippen LogP contribution in [0.2, 0.25) is 0 Å². The summed E-state index contributed by atoms with van der Waals surface area (Å²) < 4.78 is 1.33. The highest BCUT2D eigenvalue weighted by molar-refractivity contribution is 5.58. The zero-order valence-corrected chi connectivity index (χ0v) is 7.86. The van der Waals surface area contributed by atoms with E-state index < -0.39 is 0 Å². The van der Waals surface area contributed by atoms with Gasteiger partial charge in [-0.2, -0.15) is 4.68 Å². The van der Waals surface area contributed by atoms with E-state index in [9.17, 15) is 10.2 Å². The van der Waals surface area contributed by atoms with Crippen molar-refractivity contribution in [3.8, 4) is 11.8 Å². The molecule has 14 heavy (non-hydrogen) atoms. The maximum Gasteiger partial charge on any atom is 0.217 e. The molecule has 2 unspecified atom stereocenters. The molecule has 0 fully saturated rings. The molecular formula is C10H12N2O2. The molecule has 0 saturated carbocycles. The molecule has 2 atom stereocenters. The summed E-state index contributed by atoms with van der Waals surface area (Å²) in [7, 11) is 1.67. The minimum atomic E-state index is 0.150. The number of allylic oxidation sites excluding steroid dienone is 2. The van der Waals surface area contributed by atoms with E-state index in [0.717, 1.165) is 17.5 Å². The van der Waals surface area contributed by atoms with E-state index >= 15 is 0 Å². The first kappa shape index (κ1) is 7.79. The van der Waals surface area contributed by atoms with Gasteiger partial charge in [0, 0.05) is 30.0 Å². The third kappa shape index (κ3) is 0.660. The van der Waals surface area contributed by atoms with Gasteiger partial charge in [-0.25, -0.2) is 0 Å². The number of rotatable bonds is 1. The summed E-state index contributed by atoms with van der Waals surface area (Å²) in [5.41, 5.74) is 4.54. The van der Waals surface area contributed by atoms with Gasteiger partial charge in [0.15, 0.2) is 0 Å². The lowest BCUT2D eigenvalue weighted by atomic mass is 10.0. The van der Waals surface area contributed by atoms with Crippen molar-refractivity contribution in [1.29, 1.82) is 0 Å². The number of hydrogen-bond acceptors (Lipinski definition) is 3. The first-order valence-corrected chi connectivity index (χ1v) is 4.76. The number of nitrogens with zero attached hydrogens (tertiary/aromatic N) is 1. The molecule has 2 aliphatic rings. The normalized spacial score (nSPS) is 26.9. The van der Waals surface area contributed by atoms with Crippen LogP contribution >= 0.6 is 0 Å². The monoisotopic (exact) mass is 192 g/mol. The number of aromatic nitrogens is 1. The lowest BCUT2D eigenvalue weighted by molar-refractivity contribution is 0.384. The SMILES string of the molecule is CNn1c(O)c2c(c1O)C1C=CC2C1. The van der Waals surface area contributed by atoms with Gasteiger partial charge >= 0.3 is 0 Å². The second-order valence-electron chi connectivity index (χ2n) is 3.87. The van der Waals surface area contributed by atoms with Gasteiger partial charge in [0.2, 0.25) is 11.8 Å². The Hall–Kier alpha value is -1.58. The van der Waals surface area contributed by atoms with Crippen LogP contribution in [0.4, 0.5) is 0 Å². The smallest absolute Gasteiger partial charge is 0.217 e. The van der Waals surface area contributed by atoms with Gasteiger partial charge in [-0.1, -0.05) is 12.2 Å². The standard InChI is InChI=1S/C10H12N2O2/c1-11-12-9(13)7-5-2-3-6(4-5)8(7)10(12)14/h2-3,5-6,11,13-14H,4H2,1H3. The van der Waals surface area contributed by atoms with Crippen molar-refractivity contribution < 1.29 is 10.2 Å². The van der Waals surface area contributed by atoms with Crippen molar-refractivity contribution >= 4 is 0 Å². The van der Waals surface area contributed by atoms with Crippen LogP contribution < -0.4 is 5.43 Å². The predicted octanol–water partition coefficient (Wildman–Crippen LogP) is 1.21. The fourth-order valence-electron chi connectivity index (χ4n) is 2.65. The van der Waals surface area contributed by atoms with Crippen LogP contribution in [0, 0.1) is 0 Å². The van der Waals surface area contributed by atoms with Crippen molar-refractivity contribution in [2.75, 3.05) is 12.5 Å². The molecule has 0 aromatic carbocycles. The fraction of sp³-hybridized carbons (Fsp3) is 0.400. The highest BCUT2D eigenvalue weighted by Gasteiger charge is 2.40. The number of aromatic hydroxyl groups is 2. The molecule has 2 bridgehead atoms. The molecule has 2 aliphatic carbocycles. The van der Waals surface area contributed by atoms with Gasteiger partial charge in [0.1, 0.15) is 0 Å². The minimum Gasteiger partial charge on any atom is -0.493 e. The fourth-order valence-corrected chi connectivity index (χ4v) is 2.65. The lowest BCUT2D eigenvalue weighted by Gasteiger charge is -2.07. The van der Waals surface area contributed by atoms with E-state index in [0.29, 0.717) is 0 Å². The van der Waals surface area contributed by atoms with E-state index in [1.165, 1.54) is 4.68 Å². The van der Waals surface area contributed by atoms with Crippen molar-refractivity contribution in [2.45, 2.75) is 18.3 Å². The van der Waals surface area contributed by atoms with E-state index in [1.54, 1.807) is 7.05 Å². The van der Waals surface area contributed by atoms with Crippen LogP contribution in [0.15, 0.2) is 12.2 Å². The highest BCUT2D eigenvalue weighted by Crippen LogP contribution is 2.55. The van der Waals surface area contributed by atoms with Gasteiger partial charge in [-0.3, -0.25) is 0 Å². The van der Waals surface area contributed by atoms with Crippen LogP contribution in [-0.4, -0.2) is 21.9 Å². The van der Waals surface area contributed by atoms with Crippen LogP contribution in [0.25, 0.3) is 0 Å². The maximum absolute atomic E-state index is 9.86. The minimum absolute atomic E-state index is 0.150. The van der Waals surface area contributed by atoms with E-state index in [4.69, 9.17) is 0 Å². The lowest BCUT2D eigenvalue weighted by Crippen LogP contribution is -2.07. The summed E-state index contributed by atoms with van der Waals surface area (Å²) in [6.07, 6.45) is 5.20. The van der Waals surface area contributed by atoms with E-state index in [1.807, 2.05) is 0 Å². The molecule has 1 aromatic heterocycles. The van der Waals surface area contributed by atoms with Crippen LogP contribution in [-0.2, 0) is 0 Å². The Kier molecular flexibility index (Phi) is 1.26. The Morgan fingerprint density at radius 3 is 2.14 bits per heavy atom. The molecule has 0 aliphatic heterocycles. The van der Waals surface area contributed by atoms with E-state index in [2.05, 4.69) is 17.6 Å². The third-order valence-corrected chi connectivity index (χ3v) is 3.24. The molecule has 4 heteroatoms. The first-order valence-electron chi connectivity index (χ1n) is 4.76. The molecule has 4 nitrogen and oxygen atoms in total. The largest absolute Gasteiger partial charge is 0.493 e. The summed E-state index contributed by atoms with van der Waals surface area (Å²) in [6.45, 7) is 0. The summed E-state index contributed by atoms with van der Waals surface area (Å²) in [5, 5.41) is 19.7. The van der Waals surface area contributed by atoms with Crippen LogP contribution in [0.1, 0.15) is 29.4 Å². The van der Waals surface area contributed by atoms with Crippen molar-refractivity contribution in [1.82, 2.24) is 4.68 Å². The Morgan fingerprint density at radius 1 is 1.21 bits per heavy atom. The van der Waals surface area contributed by atoms with Crippen molar-refractivity contribution in [3.63, 3.8) is 0 Å². The molecule has 3 N–H and O–H groups in total. The molecule has 3 rings (SSSR count). The van der Waals surface area contributed by atoms with Gasteiger partial charge in [-0.05, 0) is 6.42 Å². The number of hydrogen-bond donors (Lipinski definition) is 3. The quantitative estimate of drug-likeness (QED) is 0.586. The second kappa shape index (κ2) is 2.26. The maximum atomic E-state index is 9.86. The van der Waals surface area contributed by atoms with Gasteiger partial charge < -0.3 is 15.6 Å². The summed E-state index contributed by atoms with van der Waals surface area (Å²) >= 11 is 0. The second-order valence-corrected chi connectivity index (χ2v) is 3.87. The number of nitrogens with one attached hydrogen (secondary N) is 1. The topological polar surface area (TPSA) is 57.4 Å². The molecule has 0 radical (unpaired) electrons. The molecule has 1 heterocycles. The Morgan fingerprint density at radius 2 is 1.71 bits per heavy atom. The zero-order valence-electron chi connectivity index (χ0n) is 7.86. The summed E-state index contributed by atoms with van der Waals surface area (Å²) in [6, 6.07) is 0. The molecule has 0 spiro atoms. The van der Waals surface area contributed by atoms with Crippen molar-refractivity contribution in [3.05, 3.63) is 23.3 Å². The van der Waals surface area contributed by atoms with Crippen molar-refractivity contribution in [2.24, 2.45) is 0 Å². The number of fused-ring (bicyclic) bond motifs is 5. The van der Waals surface area contributed by atoms with Crippen LogP contribution in [0.5, 0.6) is 11.8 Å². The third-order valence-electron chi connectivity index (χ3n) is 3.24. The molecule has 0 saturated heterocycles. The molecule has 0 amide bonds. The van der Waals surface area contributed by atoms with Gasteiger partial charge in [-0.15, -0.1) is 0 Å². The molecular weight excluding hydrogens is 180 g/mol. The van der Waals surface area contributed by atoms with Gasteiger partial charge in [0.05, 0.1) is 0 Å². The van der Waals surface area contributed by atoms with Crippen LogP contribution in [0.3, 0.4) is 0 Å². The average Bonchev–Trinajstić information content (AvgIpc) is 2.80. The Balaban J connectivity index is 2.27. The van der Waals surface area contributed by atoms with E-state index in [-0.39, 0.29) is 23.6 Å². The molecule has 74 valence electrons. The zero-order chi connectivity index (χ0) is 9.87. The first-order chi connectivity index (χ1) is 6.74. The molecule has 1 aromatic rings. The summed E-state index contributed by atoms with van der Waals surface area (Å²) in [5.74, 6) is 0.875. The Labute approximate surface area is 81.4 Å².